The smallest absolute Gasteiger partial charge is 0.272 e. The predicted octanol–water partition coefficient (Wildman–Crippen LogP) is 0.658. The minimum absolute atomic E-state index is 0.0412. The van der Waals surface area contributed by atoms with Crippen LogP contribution in [0.4, 0.5) is 4.39 Å². The molecule has 1 atom stereocenters. The minimum Gasteiger partial charge on any atom is -0.387 e. The van der Waals surface area contributed by atoms with E-state index < -0.39 is 6.10 Å². The number of nitrogens with zero attached hydrogens (tertiary/aromatic N) is 1. The fourth-order valence-corrected chi connectivity index (χ4v) is 2.49. The number of carbonyl (C=O) groups excluding carboxylic acids is 1. The number of nitrogens with one attached hydrogen (secondary N) is 3. The highest BCUT2D eigenvalue weighted by atomic mass is 19.1. The fraction of sp³-hybridized carbons (Fsp3) is 0.333. The monoisotopic (exact) mass is 304 g/mol. The Balaban J connectivity index is 1.62. The molecule has 0 spiro atoms. The van der Waals surface area contributed by atoms with Gasteiger partial charge in [0.1, 0.15) is 5.82 Å². The average molecular weight is 304 g/mol. The molecule has 1 amide bonds. The number of H-pyrrole nitrogens is 1. The van der Waals surface area contributed by atoms with Gasteiger partial charge in [-0.2, -0.15) is 5.10 Å². The molecule has 1 unspecified atom stereocenters. The number of carbonyl (C=O) groups is 1. The van der Waals surface area contributed by atoms with Crippen molar-refractivity contribution in [1.29, 1.82) is 0 Å². The van der Waals surface area contributed by atoms with Gasteiger partial charge in [-0.25, -0.2) is 4.39 Å². The summed E-state index contributed by atoms with van der Waals surface area (Å²) < 4.78 is 12.8. The van der Waals surface area contributed by atoms with Crippen LogP contribution in [-0.2, 0) is 13.0 Å². The Bertz CT molecular complexity index is 669. The Kier molecular flexibility index (Phi) is 4.17. The summed E-state index contributed by atoms with van der Waals surface area (Å²) in [6.45, 7) is 1.51. The van der Waals surface area contributed by atoms with Crippen molar-refractivity contribution >= 4 is 5.91 Å². The normalized spacial score (nSPS) is 15.2. The molecule has 0 radical (unpaired) electrons. The van der Waals surface area contributed by atoms with Crippen LogP contribution in [0.25, 0.3) is 0 Å². The lowest BCUT2D eigenvalue weighted by Crippen LogP contribution is -2.31. The summed E-state index contributed by atoms with van der Waals surface area (Å²) in [4.78, 5) is 12.2. The molecular formula is C15H17FN4O2. The van der Waals surface area contributed by atoms with Crippen LogP contribution < -0.4 is 10.6 Å². The van der Waals surface area contributed by atoms with E-state index in [-0.39, 0.29) is 18.3 Å². The number of benzene rings is 1. The molecule has 0 fully saturated rings. The summed E-state index contributed by atoms with van der Waals surface area (Å²) >= 11 is 0. The van der Waals surface area contributed by atoms with Gasteiger partial charge in [-0.15, -0.1) is 0 Å². The van der Waals surface area contributed by atoms with Crippen LogP contribution in [0.3, 0.4) is 0 Å². The Morgan fingerprint density at radius 2 is 2.18 bits per heavy atom. The number of hydrogen-bond acceptors (Lipinski definition) is 4. The first-order valence-electron chi connectivity index (χ1n) is 7.13. The third-order valence-corrected chi connectivity index (χ3v) is 3.73. The molecule has 1 aliphatic heterocycles. The molecule has 0 aliphatic carbocycles. The number of halogens is 1. The molecule has 0 saturated carbocycles. The van der Waals surface area contributed by atoms with Crippen molar-refractivity contribution in [3.8, 4) is 0 Å². The van der Waals surface area contributed by atoms with Crippen molar-refractivity contribution in [1.82, 2.24) is 20.8 Å². The minimum atomic E-state index is -0.891. The standard InChI is InChI=1S/C15H17FN4O2/c16-10-3-1-9(2-4-10)13(21)8-18-15(22)14-11-7-17-6-5-12(11)19-20-14/h1-4,13,17,21H,5-8H2,(H,18,22)(H,19,20). The van der Waals surface area contributed by atoms with E-state index in [9.17, 15) is 14.3 Å². The lowest BCUT2D eigenvalue weighted by Gasteiger charge is -2.14. The summed E-state index contributed by atoms with van der Waals surface area (Å²) in [6.07, 6.45) is -0.0779. The molecule has 22 heavy (non-hydrogen) atoms. The van der Waals surface area contributed by atoms with Gasteiger partial charge in [-0.3, -0.25) is 9.89 Å². The quantitative estimate of drug-likeness (QED) is 0.668. The van der Waals surface area contributed by atoms with Gasteiger partial charge in [-0.1, -0.05) is 12.1 Å². The van der Waals surface area contributed by atoms with Crippen LogP contribution in [-0.4, -0.2) is 34.3 Å². The van der Waals surface area contributed by atoms with Crippen molar-refractivity contribution in [2.45, 2.75) is 19.1 Å². The van der Waals surface area contributed by atoms with E-state index in [1.807, 2.05) is 0 Å². The van der Waals surface area contributed by atoms with E-state index in [4.69, 9.17) is 0 Å². The van der Waals surface area contributed by atoms with Crippen LogP contribution in [0.15, 0.2) is 24.3 Å². The van der Waals surface area contributed by atoms with E-state index in [2.05, 4.69) is 20.8 Å². The van der Waals surface area contributed by atoms with Crippen LogP contribution in [0.2, 0.25) is 0 Å². The maximum absolute atomic E-state index is 12.8. The van der Waals surface area contributed by atoms with Gasteiger partial charge in [-0.05, 0) is 17.7 Å². The first kappa shape index (κ1) is 14.7. The Morgan fingerprint density at radius 1 is 1.41 bits per heavy atom. The molecule has 2 aromatic rings. The molecule has 2 heterocycles. The fourth-order valence-electron chi connectivity index (χ4n) is 2.49. The molecule has 1 aliphatic rings. The Labute approximate surface area is 126 Å². The van der Waals surface area contributed by atoms with Gasteiger partial charge >= 0.3 is 0 Å². The summed E-state index contributed by atoms with van der Waals surface area (Å²) in [5, 5.41) is 22.8. The van der Waals surface area contributed by atoms with E-state index >= 15 is 0 Å². The molecular weight excluding hydrogens is 287 g/mol. The zero-order valence-electron chi connectivity index (χ0n) is 11.9. The lowest BCUT2D eigenvalue weighted by atomic mass is 10.1. The lowest BCUT2D eigenvalue weighted by molar-refractivity contribution is 0.0910. The van der Waals surface area contributed by atoms with Crippen LogP contribution in [0.1, 0.15) is 33.4 Å². The summed E-state index contributed by atoms with van der Waals surface area (Å²) in [6, 6.07) is 5.53. The highest BCUT2D eigenvalue weighted by molar-refractivity contribution is 5.94. The zero-order valence-corrected chi connectivity index (χ0v) is 11.9. The molecule has 1 aromatic carbocycles. The van der Waals surface area contributed by atoms with E-state index in [0.717, 1.165) is 24.2 Å². The third-order valence-electron chi connectivity index (χ3n) is 3.73. The predicted molar refractivity (Wildman–Crippen MR) is 77.7 cm³/mol. The number of rotatable bonds is 4. The molecule has 0 bridgehead atoms. The number of aliphatic hydroxyl groups excluding tert-OH is 1. The van der Waals surface area contributed by atoms with Gasteiger partial charge in [0.2, 0.25) is 0 Å². The van der Waals surface area contributed by atoms with E-state index in [1.165, 1.54) is 24.3 Å². The molecule has 3 rings (SSSR count). The number of aliphatic hydroxyl groups is 1. The molecule has 1 aromatic heterocycles. The van der Waals surface area contributed by atoms with Gasteiger partial charge < -0.3 is 15.7 Å². The number of aromatic nitrogens is 2. The number of fused-ring (bicyclic) bond motifs is 1. The number of aromatic amines is 1. The zero-order chi connectivity index (χ0) is 15.5. The van der Waals surface area contributed by atoms with Crippen molar-refractivity contribution in [2.24, 2.45) is 0 Å². The molecule has 116 valence electrons. The summed E-state index contributed by atoms with van der Waals surface area (Å²) in [5.74, 6) is -0.696. The maximum atomic E-state index is 12.8. The van der Waals surface area contributed by atoms with Gasteiger partial charge in [0.15, 0.2) is 5.69 Å². The largest absolute Gasteiger partial charge is 0.387 e. The van der Waals surface area contributed by atoms with E-state index in [1.54, 1.807) is 0 Å². The van der Waals surface area contributed by atoms with Crippen molar-refractivity contribution < 1.29 is 14.3 Å². The SMILES string of the molecule is O=C(NCC(O)c1ccc(F)cc1)c1n[nH]c2c1CNCC2. The molecule has 4 N–H and O–H groups in total. The second kappa shape index (κ2) is 6.25. The highest BCUT2D eigenvalue weighted by Crippen LogP contribution is 2.16. The Hall–Kier alpha value is -2.25. The van der Waals surface area contributed by atoms with Crippen molar-refractivity contribution in [3.63, 3.8) is 0 Å². The van der Waals surface area contributed by atoms with Crippen LogP contribution in [0, 0.1) is 5.82 Å². The highest BCUT2D eigenvalue weighted by Gasteiger charge is 2.21. The Morgan fingerprint density at radius 3 is 2.95 bits per heavy atom. The van der Waals surface area contributed by atoms with Crippen molar-refractivity contribution in [2.75, 3.05) is 13.1 Å². The molecule has 7 heteroatoms. The topological polar surface area (TPSA) is 90.0 Å². The molecule has 6 nitrogen and oxygen atoms in total. The van der Waals surface area contributed by atoms with Gasteiger partial charge in [0.05, 0.1) is 6.10 Å². The van der Waals surface area contributed by atoms with Crippen molar-refractivity contribution in [3.05, 3.63) is 52.6 Å². The number of amides is 1. The average Bonchev–Trinajstić information content (AvgIpc) is 2.97. The second-order valence-corrected chi connectivity index (χ2v) is 5.23. The van der Waals surface area contributed by atoms with E-state index in [0.29, 0.717) is 17.8 Å². The first-order valence-corrected chi connectivity index (χ1v) is 7.13. The first-order chi connectivity index (χ1) is 10.6. The second-order valence-electron chi connectivity index (χ2n) is 5.23. The van der Waals surface area contributed by atoms with Crippen LogP contribution in [0.5, 0.6) is 0 Å². The van der Waals surface area contributed by atoms with Crippen LogP contribution >= 0.6 is 0 Å². The maximum Gasteiger partial charge on any atom is 0.272 e. The summed E-state index contributed by atoms with van der Waals surface area (Å²) in [7, 11) is 0. The van der Waals surface area contributed by atoms with Gasteiger partial charge in [0, 0.05) is 37.3 Å². The number of hydrogen-bond donors (Lipinski definition) is 4. The third kappa shape index (κ3) is 3.00. The molecule has 0 saturated heterocycles. The summed E-state index contributed by atoms with van der Waals surface area (Å²) in [5.41, 5.74) is 2.75. The van der Waals surface area contributed by atoms with Gasteiger partial charge in [0.25, 0.3) is 5.91 Å².